The number of aromatic nitrogens is 3. The van der Waals surface area contributed by atoms with Crippen LogP contribution in [0.4, 0.5) is 4.39 Å². The van der Waals surface area contributed by atoms with Crippen LogP contribution in [0.3, 0.4) is 0 Å². The van der Waals surface area contributed by atoms with E-state index in [1.807, 2.05) is 0 Å². The number of nitrogens with zero attached hydrogens (tertiary/aromatic N) is 3. The number of nitrogens with one attached hydrogen (secondary N) is 1. The Balaban J connectivity index is 2.11. The van der Waals surface area contributed by atoms with Crippen LogP contribution in [-0.2, 0) is 0 Å². The van der Waals surface area contributed by atoms with Gasteiger partial charge in [0.2, 0.25) is 5.16 Å². The minimum absolute atomic E-state index is 0.285. The Morgan fingerprint density at radius 1 is 1.41 bits per heavy atom. The number of halogens is 1. The molecule has 0 aliphatic carbocycles. The molecule has 3 rings (SSSR count). The molecule has 1 unspecified atom stereocenters. The third-order valence-corrected chi connectivity index (χ3v) is 3.75. The summed E-state index contributed by atoms with van der Waals surface area (Å²) in [6, 6.07) is 6.90. The maximum atomic E-state index is 13.7. The van der Waals surface area contributed by atoms with Crippen LogP contribution in [0.15, 0.2) is 29.4 Å². The molecule has 1 aliphatic heterocycles. The maximum absolute atomic E-state index is 13.7. The van der Waals surface area contributed by atoms with Crippen molar-refractivity contribution in [3.63, 3.8) is 0 Å². The smallest absolute Gasteiger partial charge is 0.210 e. The number of rotatable bonds is 1. The van der Waals surface area contributed by atoms with E-state index in [4.69, 9.17) is 0 Å². The topological polar surface area (TPSA) is 42.7 Å². The number of benzene rings is 1. The number of hydrogen-bond donors (Lipinski definition) is 1. The van der Waals surface area contributed by atoms with Crippen LogP contribution in [-0.4, -0.2) is 26.7 Å². The Hall–Kier alpha value is -1.56. The molecule has 6 heteroatoms. The van der Waals surface area contributed by atoms with Crippen LogP contribution in [0.2, 0.25) is 0 Å². The van der Waals surface area contributed by atoms with E-state index in [0.717, 1.165) is 10.9 Å². The summed E-state index contributed by atoms with van der Waals surface area (Å²) in [6.45, 7) is 2.07. The molecule has 0 spiro atoms. The fourth-order valence-corrected chi connectivity index (χ4v) is 2.59. The van der Waals surface area contributed by atoms with E-state index in [-0.39, 0.29) is 5.82 Å². The summed E-state index contributed by atoms with van der Waals surface area (Å²) in [7, 11) is 0. The van der Waals surface area contributed by atoms with Gasteiger partial charge in [-0.2, -0.15) is 0 Å². The summed E-state index contributed by atoms with van der Waals surface area (Å²) in [5.74, 6) is 1.18. The summed E-state index contributed by atoms with van der Waals surface area (Å²) in [5.41, 5.74) is 3.70. The normalized spacial score (nSPS) is 18.6. The monoisotopic (exact) mass is 250 g/mol. The lowest BCUT2D eigenvalue weighted by atomic mass is 10.2. The van der Waals surface area contributed by atoms with Crippen molar-refractivity contribution < 1.29 is 4.39 Å². The van der Waals surface area contributed by atoms with Gasteiger partial charge in [-0.1, -0.05) is 23.9 Å². The van der Waals surface area contributed by atoms with Crippen molar-refractivity contribution >= 4 is 11.8 Å². The fraction of sp³-hybridized carbons (Fsp3) is 0.273. The van der Waals surface area contributed by atoms with Crippen molar-refractivity contribution in [3.8, 4) is 11.4 Å². The van der Waals surface area contributed by atoms with Crippen LogP contribution in [0, 0.1) is 5.82 Å². The first kappa shape index (κ1) is 10.6. The van der Waals surface area contributed by atoms with Crippen molar-refractivity contribution in [2.24, 2.45) is 0 Å². The zero-order valence-corrected chi connectivity index (χ0v) is 10.0. The average Bonchev–Trinajstić information content (AvgIpc) is 2.72. The second-order valence-corrected chi connectivity index (χ2v) is 4.95. The standard InChI is InChI=1S/C11H11FN4S/c1-7-6-17-11-14-13-10(16(11)15-7)8-4-2-3-5-9(8)12/h2-5,7,15H,6H2,1H3. The van der Waals surface area contributed by atoms with E-state index in [9.17, 15) is 4.39 Å². The lowest BCUT2D eigenvalue weighted by molar-refractivity contribution is 0.624. The SMILES string of the molecule is CC1CSc2nnc(-c3ccccc3F)n2N1. The Labute approximate surface area is 102 Å². The average molecular weight is 250 g/mol. The fourth-order valence-electron chi connectivity index (χ4n) is 1.75. The van der Waals surface area contributed by atoms with Crippen molar-refractivity contribution in [2.75, 3.05) is 11.2 Å². The van der Waals surface area contributed by atoms with Gasteiger partial charge in [-0.25, -0.2) is 9.07 Å². The van der Waals surface area contributed by atoms with Crippen molar-refractivity contribution in [1.29, 1.82) is 0 Å². The highest BCUT2D eigenvalue weighted by Crippen LogP contribution is 2.27. The molecule has 1 aliphatic rings. The summed E-state index contributed by atoms with van der Waals surface area (Å²) >= 11 is 1.62. The Kier molecular flexibility index (Phi) is 2.51. The van der Waals surface area contributed by atoms with Gasteiger partial charge in [0.05, 0.1) is 5.56 Å². The molecule has 0 radical (unpaired) electrons. The van der Waals surface area contributed by atoms with Crippen LogP contribution in [0.5, 0.6) is 0 Å². The molecule has 1 atom stereocenters. The first-order valence-corrected chi connectivity index (χ1v) is 6.34. The first-order chi connectivity index (χ1) is 8.25. The molecule has 2 heterocycles. The van der Waals surface area contributed by atoms with E-state index >= 15 is 0 Å². The van der Waals surface area contributed by atoms with E-state index in [1.54, 1.807) is 34.6 Å². The molecule has 88 valence electrons. The van der Waals surface area contributed by atoms with Crippen LogP contribution in [0.1, 0.15) is 6.92 Å². The third kappa shape index (κ3) is 1.78. The highest BCUT2D eigenvalue weighted by molar-refractivity contribution is 7.99. The van der Waals surface area contributed by atoms with Gasteiger partial charge >= 0.3 is 0 Å². The van der Waals surface area contributed by atoms with Gasteiger partial charge in [0.25, 0.3) is 0 Å². The third-order valence-electron chi connectivity index (χ3n) is 2.56. The van der Waals surface area contributed by atoms with Gasteiger partial charge in [0.15, 0.2) is 5.82 Å². The largest absolute Gasteiger partial charge is 0.318 e. The second kappa shape index (κ2) is 4.03. The molecule has 1 aromatic carbocycles. The maximum Gasteiger partial charge on any atom is 0.210 e. The summed E-state index contributed by atoms with van der Waals surface area (Å²) in [4.78, 5) is 0. The minimum atomic E-state index is -0.285. The van der Waals surface area contributed by atoms with E-state index in [1.165, 1.54) is 6.07 Å². The van der Waals surface area contributed by atoms with Gasteiger partial charge in [-0.3, -0.25) is 0 Å². The predicted molar refractivity (Wildman–Crippen MR) is 65.0 cm³/mol. The van der Waals surface area contributed by atoms with Gasteiger partial charge in [0, 0.05) is 11.8 Å². The van der Waals surface area contributed by atoms with Gasteiger partial charge in [0.1, 0.15) is 5.82 Å². The first-order valence-electron chi connectivity index (χ1n) is 5.35. The van der Waals surface area contributed by atoms with Gasteiger partial charge in [-0.15, -0.1) is 10.2 Å². The Morgan fingerprint density at radius 2 is 2.24 bits per heavy atom. The van der Waals surface area contributed by atoms with Crippen LogP contribution in [0.25, 0.3) is 11.4 Å². The summed E-state index contributed by atoms with van der Waals surface area (Å²) in [5, 5.41) is 8.89. The Morgan fingerprint density at radius 3 is 3.06 bits per heavy atom. The quantitative estimate of drug-likeness (QED) is 0.842. The lowest BCUT2D eigenvalue weighted by Crippen LogP contribution is -2.32. The summed E-state index contributed by atoms with van der Waals surface area (Å²) < 4.78 is 15.5. The van der Waals surface area contributed by atoms with Crippen molar-refractivity contribution in [2.45, 2.75) is 18.1 Å². The molecule has 1 aromatic heterocycles. The molecule has 1 N–H and O–H groups in total. The molecular formula is C11H11FN4S. The van der Waals surface area contributed by atoms with Gasteiger partial charge in [-0.05, 0) is 19.1 Å². The highest BCUT2D eigenvalue weighted by atomic mass is 32.2. The molecule has 17 heavy (non-hydrogen) atoms. The predicted octanol–water partition coefficient (Wildman–Crippen LogP) is 2.12. The molecule has 0 saturated heterocycles. The number of fused-ring (bicyclic) bond motifs is 1. The van der Waals surface area contributed by atoms with Crippen molar-refractivity contribution in [3.05, 3.63) is 30.1 Å². The van der Waals surface area contributed by atoms with Crippen molar-refractivity contribution in [1.82, 2.24) is 14.9 Å². The molecule has 0 amide bonds. The molecule has 0 fully saturated rings. The molecule has 4 nitrogen and oxygen atoms in total. The molecular weight excluding hydrogens is 239 g/mol. The number of hydrogen-bond acceptors (Lipinski definition) is 4. The highest BCUT2D eigenvalue weighted by Gasteiger charge is 2.22. The molecule has 0 bridgehead atoms. The molecule has 2 aromatic rings. The van der Waals surface area contributed by atoms with E-state index in [0.29, 0.717) is 17.4 Å². The Bertz CT molecular complexity index is 554. The lowest BCUT2D eigenvalue weighted by Gasteiger charge is -2.22. The zero-order chi connectivity index (χ0) is 11.8. The number of thioether (sulfide) groups is 1. The van der Waals surface area contributed by atoms with Crippen LogP contribution >= 0.6 is 11.8 Å². The van der Waals surface area contributed by atoms with E-state index < -0.39 is 0 Å². The van der Waals surface area contributed by atoms with E-state index in [2.05, 4.69) is 22.5 Å². The van der Waals surface area contributed by atoms with Crippen LogP contribution < -0.4 is 5.43 Å². The zero-order valence-electron chi connectivity index (χ0n) is 9.22. The summed E-state index contributed by atoms with van der Waals surface area (Å²) in [6.07, 6.45) is 0. The minimum Gasteiger partial charge on any atom is -0.318 e. The second-order valence-electron chi connectivity index (χ2n) is 3.96. The molecule has 0 saturated carbocycles. The van der Waals surface area contributed by atoms with Gasteiger partial charge < -0.3 is 5.43 Å².